The first-order chi connectivity index (χ1) is 14.2. The fourth-order valence-corrected chi connectivity index (χ4v) is 4.49. The molecule has 1 aromatic carbocycles. The van der Waals surface area contributed by atoms with E-state index in [1.807, 2.05) is 4.90 Å². The molecule has 0 spiro atoms. The van der Waals surface area contributed by atoms with Crippen LogP contribution in [0.4, 0.5) is 13.2 Å². The summed E-state index contributed by atoms with van der Waals surface area (Å²) in [4.78, 5) is 27.0. The van der Waals surface area contributed by atoms with Crippen LogP contribution in [0.1, 0.15) is 50.5 Å². The van der Waals surface area contributed by atoms with Crippen molar-refractivity contribution in [1.82, 2.24) is 4.90 Å². The average Bonchev–Trinajstić information content (AvgIpc) is 2.69. The van der Waals surface area contributed by atoms with Gasteiger partial charge in [0.15, 0.2) is 0 Å². The molecule has 0 radical (unpaired) electrons. The third-order valence-electron chi connectivity index (χ3n) is 6.14. The van der Waals surface area contributed by atoms with Crippen molar-refractivity contribution in [3.63, 3.8) is 0 Å². The second kappa shape index (κ2) is 9.81. The van der Waals surface area contributed by atoms with Gasteiger partial charge < -0.3 is 15.4 Å². The van der Waals surface area contributed by atoms with Crippen LogP contribution in [-0.2, 0) is 16.0 Å². The maximum atomic E-state index is 12.7. The van der Waals surface area contributed by atoms with Gasteiger partial charge in [-0.05, 0) is 49.3 Å². The molecule has 8 heteroatoms. The minimum absolute atomic E-state index is 0.0431. The van der Waals surface area contributed by atoms with Crippen molar-refractivity contribution in [1.29, 1.82) is 0 Å². The molecule has 3 rings (SSSR count). The highest BCUT2D eigenvalue weighted by Gasteiger charge is 2.34. The lowest BCUT2D eigenvalue weighted by molar-refractivity contribution is -0.274. The summed E-state index contributed by atoms with van der Waals surface area (Å²) in [6.45, 7) is 1.31. The summed E-state index contributed by atoms with van der Waals surface area (Å²) >= 11 is 0. The van der Waals surface area contributed by atoms with E-state index in [9.17, 15) is 22.8 Å². The van der Waals surface area contributed by atoms with Crippen LogP contribution in [0.5, 0.6) is 5.75 Å². The minimum atomic E-state index is -4.73. The Kier molecular flexibility index (Phi) is 7.39. The van der Waals surface area contributed by atoms with Gasteiger partial charge in [-0.15, -0.1) is 13.2 Å². The van der Waals surface area contributed by atoms with Crippen molar-refractivity contribution in [3.05, 3.63) is 29.8 Å². The normalized spacial score (nSPS) is 23.3. The standard InChI is InChI=1S/C22H29F3N2O3/c23-22(24,25)30-18-7-5-15(6-8-18)13-17(28)14-16-9-11-27(12-10-16)21(29)19-3-1-2-4-20(19)26/h5-8,16,19-20H,1-4,9-14,26H2/t19-,20-/m0/s1. The number of amides is 1. The number of carbonyl (C=O) groups is 2. The molecule has 1 amide bonds. The van der Waals surface area contributed by atoms with Gasteiger partial charge in [-0.1, -0.05) is 25.0 Å². The van der Waals surface area contributed by atoms with Crippen molar-refractivity contribution in [3.8, 4) is 5.75 Å². The molecule has 1 heterocycles. The number of benzene rings is 1. The highest BCUT2D eigenvalue weighted by atomic mass is 19.4. The molecule has 0 bridgehead atoms. The van der Waals surface area contributed by atoms with Crippen molar-refractivity contribution >= 4 is 11.7 Å². The Morgan fingerprint density at radius 2 is 1.67 bits per heavy atom. The first-order valence-electron chi connectivity index (χ1n) is 10.6. The number of carbonyl (C=O) groups excluding carboxylic acids is 2. The van der Waals surface area contributed by atoms with E-state index in [0.29, 0.717) is 25.1 Å². The van der Waals surface area contributed by atoms with Crippen LogP contribution in [0, 0.1) is 11.8 Å². The zero-order chi connectivity index (χ0) is 21.7. The summed E-state index contributed by atoms with van der Waals surface area (Å²) in [6.07, 6.45) is 1.38. The number of piperidine rings is 1. The Hall–Kier alpha value is -2.09. The van der Waals surface area contributed by atoms with Gasteiger partial charge in [0.1, 0.15) is 11.5 Å². The van der Waals surface area contributed by atoms with E-state index in [1.54, 1.807) is 0 Å². The van der Waals surface area contributed by atoms with E-state index >= 15 is 0 Å². The number of rotatable bonds is 6. The molecule has 1 saturated carbocycles. The van der Waals surface area contributed by atoms with E-state index in [4.69, 9.17) is 5.73 Å². The monoisotopic (exact) mass is 426 g/mol. The molecular formula is C22H29F3N2O3. The maximum absolute atomic E-state index is 12.7. The summed E-state index contributed by atoms with van der Waals surface area (Å²) < 4.78 is 40.5. The van der Waals surface area contributed by atoms with E-state index < -0.39 is 6.36 Å². The van der Waals surface area contributed by atoms with E-state index in [1.165, 1.54) is 24.3 Å². The second-order valence-corrected chi connectivity index (χ2v) is 8.43. The first-order valence-corrected chi connectivity index (χ1v) is 10.6. The molecule has 2 aliphatic rings. The molecular weight excluding hydrogens is 397 g/mol. The Morgan fingerprint density at radius 1 is 1.03 bits per heavy atom. The fourth-order valence-electron chi connectivity index (χ4n) is 4.49. The predicted molar refractivity (Wildman–Crippen MR) is 106 cm³/mol. The summed E-state index contributed by atoms with van der Waals surface area (Å²) in [7, 11) is 0. The van der Waals surface area contributed by atoms with Crippen molar-refractivity contribution in [2.24, 2.45) is 17.6 Å². The summed E-state index contributed by atoms with van der Waals surface area (Å²) in [5.74, 6) is 0.0794. The highest BCUT2D eigenvalue weighted by Crippen LogP contribution is 2.28. The van der Waals surface area contributed by atoms with Crippen LogP contribution in [0.2, 0.25) is 0 Å². The lowest BCUT2D eigenvalue weighted by Gasteiger charge is -2.37. The Balaban J connectivity index is 1.42. The third-order valence-corrected chi connectivity index (χ3v) is 6.14. The zero-order valence-corrected chi connectivity index (χ0v) is 17.0. The van der Waals surface area contributed by atoms with Crippen LogP contribution in [0.3, 0.4) is 0 Å². The van der Waals surface area contributed by atoms with Gasteiger partial charge in [-0.25, -0.2) is 0 Å². The summed E-state index contributed by atoms with van der Waals surface area (Å²) in [6, 6.07) is 5.35. The number of hydrogen-bond donors (Lipinski definition) is 1. The first kappa shape index (κ1) is 22.6. The topological polar surface area (TPSA) is 72.6 Å². The highest BCUT2D eigenvalue weighted by molar-refractivity contribution is 5.81. The second-order valence-electron chi connectivity index (χ2n) is 8.43. The Morgan fingerprint density at radius 3 is 2.27 bits per heavy atom. The number of hydrogen-bond acceptors (Lipinski definition) is 4. The molecule has 1 aliphatic carbocycles. The van der Waals surface area contributed by atoms with Crippen molar-refractivity contribution in [2.75, 3.05) is 13.1 Å². The quantitative estimate of drug-likeness (QED) is 0.750. The molecule has 1 aromatic rings. The molecule has 1 aliphatic heterocycles. The number of nitrogens with zero attached hydrogens (tertiary/aromatic N) is 1. The smallest absolute Gasteiger partial charge is 0.406 e. The number of ketones is 1. The van der Waals surface area contributed by atoms with Crippen LogP contribution >= 0.6 is 0 Å². The largest absolute Gasteiger partial charge is 0.573 e. The van der Waals surface area contributed by atoms with Crippen LogP contribution in [-0.4, -0.2) is 42.1 Å². The summed E-state index contributed by atoms with van der Waals surface area (Å²) in [5.41, 5.74) is 6.80. The molecule has 0 unspecified atom stereocenters. The molecule has 166 valence electrons. The molecule has 2 fully saturated rings. The van der Waals surface area contributed by atoms with Gasteiger partial charge in [0.25, 0.3) is 0 Å². The van der Waals surface area contributed by atoms with Gasteiger partial charge in [-0.3, -0.25) is 9.59 Å². The van der Waals surface area contributed by atoms with Crippen molar-refractivity contribution in [2.45, 2.75) is 63.8 Å². The molecule has 1 saturated heterocycles. The predicted octanol–water partition coefficient (Wildman–Crippen LogP) is 3.84. The zero-order valence-electron chi connectivity index (χ0n) is 17.0. The van der Waals surface area contributed by atoms with E-state index in [2.05, 4.69) is 4.74 Å². The number of nitrogens with two attached hydrogens (primary N) is 1. The van der Waals surface area contributed by atoms with Crippen LogP contribution in [0.15, 0.2) is 24.3 Å². The lowest BCUT2D eigenvalue weighted by Crippen LogP contribution is -2.48. The van der Waals surface area contributed by atoms with Gasteiger partial charge in [0.2, 0.25) is 5.91 Å². The molecule has 2 atom stereocenters. The molecule has 30 heavy (non-hydrogen) atoms. The third kappa shape index (κ3) is 6.45. The van der Waals surface area contributed by atoms with E-state index in [0.717, 1.165) is 38.5 Å². The van der Waals surface area contributed by atoms with Gasteiger partial charge >= 0.3 is 6.36 Å². The fraction of sp³-hybridized carbons (Fsp3) is 0.636. The number of likely N-dealkylation sites (tertiary alicyclic amines) is 1. The lowest BCUT2D eigenvalue weighted by atomic mass is 9.83. The maximum Gasteiger partial charge on any atom is 0.573 e. The number of alkyl halides is 3. The Labute approximate surface area is 174 Å². The minimum Gasteiger partial charge on any atom is -0.406 e. The molecule has 2 N–H and O–H groups in total. The number of Topliss-reactive ketones (excluding diaryl/α,β-unsaturated/α-hetero) is 1. The molecule has 0 aromatic heterocycles. The van der Waals surface area contributed by atoms with Gasteiger partial charge in [0.05, 0.1) is 5.92 Å². The van der Waals surface area contributed by atoms with Crippen LogP contribution in [0.25, 0.3) is 0 Å². The number of ether oxygens (including phenoxy) is 1. The average molecular weight is 426 g/mol. The van der Waals surface area contributed by atoms with Gasteiger partial charge in [0, 0.05) is 32.0 Å². The van der Waals surface area contributed by atoms with Gasteiger partial charge in [-0.2, -0.15) is 0 Å². The molecule has 5 nitrogen and oxygen atoms in total. The summed E-state index contributed by atoms with van der Waals surface area (Å²) in [5, 5.41) is 0. The Bertz CT molecular complexity index is 728. The van der Waals surface area contributed by atoms with E-state index in [-0.39, 0.29) is 41.7 Å². The number of halogens is 3. The SMILES string of the molecule is N[C@H]1CCCC[C@@H]1C(=O)N1CCC(CC(=O)Cc2ccc(OC(F)(F)F)cc2)CC1. The van der Waals surface area contributed by atoms with Crippen LogP contribution < -0.4 is 10.5 Å². The van der Waals surface area contributed by atoms with Crippen molar-refractivity contribution < 1.29 is 27.5 Å².